The van der Waals surface area contributed by atoms with Crippen LogP contribution in [0, 0.1) is 13.8 Å². The van der Waals surface area contributed by atoms with Crippen LogP contribution in [-0.2, 0) is 27.9 Å². The molecule has 1 N–H and O–H groups in total. The molecule has 0 saturated carbocycles. The zero-order chi connectivity index (χ0) is 20.3. The molecule has 2 heterocycles. The highest BCUT2D eigenvalue weighted by Crippen LogP contribution is 2.18. The predicted octanol–water partition coefficient (Wildman–Crippen LogP) is 1.53. The number of anilines is 1. The van der Waals surface area contributed by atoms with Crippen molar-refractivity contribution in [3.05, 3.63) is 40.7 Å². The molecule has 0 spiro atoms. The van der Waals surface area contributed by atoms with Crippen molar-refractivity contribution in [3.63, 3.8) is 0 Å². The summed E-state index contributed by atoms with van der Waals surface area (Å²) in [5, 5.41) is 19.3. The molecule has 0 fully saturated rings. The van der Waals surface area contributed by atoms with Crippen LogP contribution in [0.1, 0.15) is 11.4 Å². The van der Waals surface area contributed by atoms with E-state index < -0.39 is 18.5 Å². The number of tetrazole rings is 1. The lowest BCUT2D eigenvalue weighted by Gasteiger charge is -2.06. The topological polar surface area (TPSA) is 117 Å². The van der Waals surface area contributed by atoms with Gasteiger partial charge in [-0.15, -0.1) is 10.2 Å². The van der Waals surface area contributed by atoms with Crippen molar-refractivity contribution in [2.45, 2.75) is 20.4 Å². The van der Waals surface area contributed by atoms with Crippen molar-refractivity contribution in [3.8, 4) is 11.4 Å². The van der Waals surface area contributed by atoms with Crippen LogP contribution in [0.4, 0.5) is 5.69 Å². The normalized spacial score (nSPS) is 10.7. The maximum atomic E-state index is 12.0. The molecule has 0 aliphatic rings. The number of nitrogens with one attached hydrogen (secondary N) is 1. The second-order valence-corrected chi connectivity index (χ2v) is 6.47. The van der Waals surface area contributed by atoms with Crippen LogP contribution in [0.15, 0.2) is 24.3 Å². The molecule has 3 rings (SSSR count). The number of carbonyl (C=O) groups is 2. The van der Waals surface area contributed by atoms with Crippen molar-refractivity contribution in [1.82, 2.24) is 30.0 Å². The summed E-state index contributed by atoms with van der Waals surface area (Å²) < 4.78 is 6.63. The Labute approximate surface area is 165 Å². The highest BCUT2D eigenvalue weighted by atomic mass is 35.5. The minimum atomic E-state index is -0.658. The lowest BCUT2D eigenvalue weighted by atomic mass is 10.2. The first-order valence-corrected chi connectivity index (χ1v) is 8.70. The summed E-state index contributed by atoms with van der Waals surface area (Å²) in [6.07, 6.45) is 0. The van der Waals surface area contributed by atoms with Crippen LogP contribution in [0.25, 0.3) is 11.4 Å². The number of nitrogens with zero attached hydrogens (tertiary/aromatic N) is 6. The number of halogens is 1. The second-order valence-electron chi connectivity index (χ2n) is 6.03. The first-order chi connectivity index (χ1) is 13.3. The summed E-state index contributed by atoms with van der Waals surface area (Å²) in [6, 6.07) is 6.90. The van der Waals surface area contributed by atoms with Gasteiger partial charge in [0, 0.05) is 17.6 Å². The summed E-state index contributed by atoms with van der Waals surface area (Å²) in [5.74, 6) is -0.763. The van der Waals surface area contributed by atoms with Gasteiger partial charge in [0.05, 0.1) is 17.1 Å². The molecule has 0 radical (unpaired) electrons. The number of carbonyl (C=O) groups excluding carboxylic acids is 2. The van der Waals surface area contributed by atoms with Crippen LogP contribution in [0.2, 0.25) is 5.02 Å². The number of hydrogen-bond donors (Lipinski definition) is 1. The van der Waals surface area contributed by atoms with Crippen LogP contribution >= 0.6 is 11.6 Å². The van der Waals surface area contributed by atoms with E-state index in [0.717, 1.165) is 10.5 Å². The van der Waals surface area contributed by atoms with Gasteiger partial charge < -0.3 is 10.1 Å². The third-order valence-electron chi connectivity index (χ3n) is 3.96. The first kappa shape index (κ1) is 19.5. The van der Waals surface area contributed by atoms with Gasteiger partial charge in [0.25, 0.3) is 5.91 Å². The van der Waals surface area contributed by atoms with Gasteiger partial charge in [0.2, 0.25) is 5.82 Å². The number of benzene rings is 1. The molecule has 3 aromatic rings. The maximum Gasteiger partial charge on any atom is 0.330 e. The average Bonchev–Trinajstić information content (AvgIpc) is 3.21. The lowest BCUT2D eigenvalue weighted by Crippen LogP contribution is -2.24. The van der Waals surface area contributed by atoms with E-state index in [0.29, 0.717) is 27.8 Å². The molecule has 0 unspecified atom stereocenters. The minimum absolute atomic E-state index is 0.265. The number of aromatic nitrogens is 6. The lowest BCUT2D eigenvalue weighted by molar-refractivity contribution is -0.148. The van der Waals surface area contributed by atoms with Crippen LogP contribution in [0.5, 0.6) is 0 Å². The zero-order valence-corrected chi connectivity index (χ0v) is 16.3. The standard InChI is InChI=1S/C17H18ClN7O3/c1-10-16(11(2)24(3)21-10)19-14(26)9-28-15(27)8-25-22-17(20-23-25)12-4-6-13(18)7-5-12/h4-7H,8-9H2,1-3H3,(H,19,26). The molecule has 0 bridgehead atoms. The molecule has 1 aromatic carbocycles. The number of esters is 1. The van der Waals surface area contributed by atoms with Crippen molar-refractivity contribution in [2.24, 2.45) is 7.05 Å². The maximum absolute atomic E-state index is 12.0. The van der Waals surface area contributed by atoms with Gasteiger partial charge in [-0.1, -0.05) is 11.6 Å². The molecule has 146 valence electrons. The largest absolute Gasteiger partial charge is 0.454 e. The van der Waals surface area contributed by atoms with Gasteiger partial charge in [-0.3, -0.25) is 9.48 Å². The van der Waals surface area contributed by atoms with Gasteiger partial charge in [-0.05, 0) is 43.3 Å². The van der Waals surface area contributed by atoms with Gasteiger partial charge in [0.15, 0.2) is 13.2 Å². The summed E-state index contributed by atoms with van der Waals surface area (Å²) in [4.78, 5) is 25.0. The number of amides is 1. The van der Waals surface area contributed by atoms with Gasteiger partial charge in [-0.2, -0.15) is 9.90 Å². The van der Waals surface area contributed by atoms with Crippen molar-refractivity contribution in [1.29, 1.82) is 0 Å². The predicted molar refractivity (Wildman–Crippen MR) is 101 cm³/mol. The average molecular weight is 404 g/mol. The van der Waals surface area contributed by atoms with Crippen LogP contribution in [0.3, 0.4) is 0 Å². The summed E-state index contributed by atoms with van der Waals surface area (Å²) in [5.41, 5.74) is 2.81. The Bertz CT molecular complexity index is 1010. The number of ether oxygens (including phenoxy) is 1. The molecule has 0 aliphatic heterocycles. The molecule has 2 aromatic heterocycles. The summed E-state index contributed by atoms with van der Waals surface area (Å²) >= 11 is 5.84. The zero-order valence-electron chi connectivity index (χ0n) is 15.5. The van der Waals surface area contributed by atoms with Crippen molar-refractivity contribution < 1.29 is 14.3 Å². The fraction of sp³-hybridized carbons (Fsp3) is 0.294. The third kappa shape index (κ3) is 4.52. The van der Waals surface area contributed by atoms with Gasteiger partial charge >= 0.3 is 5.97 Å². The van der Waals surface area contributed by atoms with Gasteiger partial charge in [0.1, 0.15) is 0 Å². The van der Waals surface area contributed by atoms with E-state index in [9.17, 15) is 9.59 Å². The molecule has 11 heteroatoms. The van der Waals surface area contributed by atoms with Crippen molar-refractivity contribution >= 4 is 29.2 Å². The molecular formula is C17H18ClN7O3. The molecular weight excluding hydrogens is 386 g/mol. The monoisotopic (exact) mass is 403 g/mol. The Morgan fingerprint density at radius 3 is 2.54 bits per heavy atom. The fourth-order valence-electron chi connectivity index (χ4n) is 2.46. The summed E-state index contributed by atoms with van der Waals surface area (Å²) in [7, 11) is 1.78. The molecule has 0 saturated heterocycles. The van der Waals surface area contributed by atoms with E-state index in [1.807, 2.05) is 6.92 Å². The Morgan fingerprint density at radius 1 is 1.18 bits per heavy atom. The first-order valence-electron chi connectivity index (χ1n) is 8.33. The van der Waals surface area contributed by atoms with E-state index in [4.69, 9.17) is 16.3 Å². The van der Waals surface area contributed by atoms with E-state index >= 15 is 0 Å². The van der Waals surface area contributed by atoms with Crippen molar-refractivity contribution in [2.75, 3.05) is 11.9 Å². The Balaban J connectivity index is 1.52. The highest BCUT2D eigenvalue weighted by molar-refractivity contribution is 6.30. The van der Waals surface area contributed by atoms with E-state index in [1.165, 1.54) is 0 Å². The molecule has 1 amide bonds. The molecule has 0 aliphatic carbocycles. The molecule has 10 nitrogen and oxygen atoms in total. The smallest absolute Gasteiger partial charge is 0.330 e. The molecule has 28 heavy (non-hydrogen) atoms. The van der Waals surface area contributed by atoms with E-state index in [-0.39, 0.29) is 6.54 Å². The Morgan fingerprint density at radius 2 is 1.89 bits per heavy atom. The SMILES string of the molecule is Cc1nn(C)c(C)c1NC(=O)COC(=O)Cn1nnc(-c2ccc(Cl)cc2)n1. The van der Waals surface area contributed by atoms with Gasteiger partial charge in [-0.25, -0.2) is 4.79 Å². The quantitative estimate of drug-likeness (QED) is 0.620. The minimum Gasteiger partial charge on any atom is -0.454 e. The van der Waals surface area contributed by atoms with Crippen LogP contribution in [-0.4, -0.2) is 48.5 Å². The number of rotatable bonds is 6. The second kappa shape index (κ2) is 8.17. The molecule has 0 atom stereocenters. The number of hydrogen-bond acceptors (Lipinski definition) is 7. The number of aryl methyl sites for hydroxylation is 2. The van der Waals surface area contributed by atoms with E-state index in [1.54, 1.807) is 42.9 Å². The Hall–Kier alpha value is -3.27. The van der Waals surface area contributed by atoms with E-state index in [2.05, 4.69) is 25.8 Å². The fourth-order valence-corrected chi connectivity index (χ4v) is 2.59. The summed E-state index contributed by atoms with van der Waals surface area (Å²) in [6.45, 7) is 2.92. The Kier molecular flexibility index (Phi) is 5.69. The third-order valence-corrected chi connectivity index (χ3v) is 4.22. The van der Waals surface area contributed by atoms with Crippen LogP contribution < -0.4 is 5.32 Å². The highest BCUT2D eigenvalue weighted by Gasteiger charge is 2.15.